The first-order valence-corrected chi connectivity index (χ1v) is 9.89. The fourth-order valence-corrected chi connectivity index (χ4v) is 3.56. The van der Waals surface area contributed by atoms with E-state index in [4.69, 9.17) is 4.74 Å². The SMILES string of the molecule is C[C@@H](Cn1cnnn1)Oc1ccccc1-c1ccnc(-c2cnc3cccnn23)c1C#N. The molecule has 1 aromatic carbocycles. The van der Waals surface area contributed by atoms with Gasteiger partial charge in [-0.25, -0.2) is 14.2 Å². The first-order chi connectivity index (χ1) is 15.7. The third-order valence-corrected chi connectivity index (χ3v) is 4.92. The Morgan fingerprint density at radius 1 is 1.06 bits per heavy atom. The largest absolute Gasteiger partial charge is 0.488 e. The highest BCUT2D eigenvalue weighted by Gasteiger charge is 2.19. The Morgan fingerprint density at radius 2 is 1.97 bits per heavy atom. The summed E-state index contributed by atoms with van der Waals surface area (Å²) in [6.45, 7) is 2.42. The lowest BCUT2D eigenvalue weighted by Gasteiger charge is -2.18. The summed E-state index contributed by atoms with van der Waals surface area (Å²) in [4.78, 5) is 8.85. The maximum atomic E-state index is 10.1. The lowest BCUT2D eigenvalue weighted by atomic mass is 9.98. The lowest BCUT2D eigenvalue weighted by Crippen LogP contribution is -2.20. The monoisotopic (exact) mass is 423 g/mol. The highest BCUT2D eigenvalue weighted by atomic mass is 16.5. The van der Waals surface area contributed by atoms with Crippen molar-refractivity contribution in [1.29, 1.82) is 5.26 Å². The van der Waals surface area contributed by atoms with Crippen molar-refractivity contribution in [1.82, 2.24) is 39.8 Å². The molecule has 0 aliphatic carbocycles. The van der Waals surface area contributed by atoms with E-state index in [9.17, 15) is 5.26 Å². The third kappa shape index (κ3) is 3.52. The molecule has 0 unspecified atom stereocenters. The van der Waals surface area contributed by atoms with Crippen molar-refractivity contribution >= 4 is 5.65 Å². The van der Waals surface area contributed by atoms with Gasteiger partial charge in [-0.05, 0) is 41.6 Å². The Balaban J connectivity index is 1.56. The first kappa shape index (κ1) is 19.3. The Bertz CT molecular complexity index is 1420. The van der Waals surface area contributed by atoms with Crippen molar-refractivity contribution in [3.05, 3.63) is 72.9 Å². The molecular weight excluding hydrogens is 406 g/mol. The molecule has 0 spiro atoms. The van der Waals surface area contributed by atoms with Crippen molar-refractivity contribution in [2.75, 3.05) is 0 Å². The average Bonchev–Trinajstić information content (AvgIpc) is 3.48. The molecule has 0 fully saturated rings. The molecule has 0 bridgehead atoms. The second-order valence-corrected chi connectivity index (χ2v) is 7.09. The van der Waals surface area contributed by atoms with Crippen molar-refractivity contribution in [2.45, 2.75) is 19.6 Å². The smallest absolute Gasteiger partial charge is 0.154 e. The van der Waals surface area contributed by atoms with E-state index in [2.05, 4.69) is 36.7 Å². The van der Waals surface area contributed by atoms with Crippen LogP contribution in [0.1, 0.15) is 12.5 Å². The van der Waals surface area contributed by atoms with Crippen LogP contribution in [0.15, 0.2) is 67.4 Å². The summed E-state index contributed by atoms with van der Waals surface area (Å²) in [5.74, 6) is 0.651. The van der Waals surface area contributed by atoms with Gasteiger partial charge in [0.2, 0.25) is 0 Å². The van der Waals surface area contributed by atoms with Crippen LogP contribution >= 0.6 is 0 Å². The number of hydrogen-bond donors (Lipinski definition) is 0. The number of benzene rings is 1. The van der Waals surface area contributed by atoms with E-state index in [1.54, 1.807) is 34.1 Å². The maximum absolute atomic E-state index is 10.1. The van der Waals surface area contributed by atoms with Crippen LogP contribution in [0.4, 0.5) is 0 Å². The number of rotatable bonds is 6. The quantitative estimate of drug-likeness (QED) is 0.409. The van der Waals surface area contributed by atoms with E-state index < -0.39 is 0 Å². The van der Waals surface area contributed by atoms with Crippen LogP contribution in [0.2, 0.25) is 0 Å². The molecule has 0 amide bonds. The molecule has 0 saturated heterocycles. The van der Waals surface area contributed by atoms with Gasteiger partial charge in [0, 0.05) is 23.5 Å². The van der Waals surface area contributed by atoms with Crippen molar-refractivity contribution in [3.63, 3.8) is 0 Å². The molecule has 4 heterocycles. The summed E-state index contributed by atoms with van der Waals surface area (Å²) in [5.41, 5.74) is 3.76. The molecular formula is C22H17N9O. The number of nitriles is 1. The molecule has 10 nitrogen and oxygen atoms in total. The number of imidazole rings is 1. The van der Waals surface area contributed by atoms with E-state index >= 15 is 0 Å². The van der Waals surface area contributed by atoms with E-state index in [1.165, 1.54) is 0 Å². The zero-order valence-electron chi connectivity index (χ0n) is 17.1. The van der Waals surface area contributed by atoms with E-state index in [-0.39, 0.29) is 6.10 Å². The second-order valence-electron chi connectivity index (χ2n) is 7.09. The predicted octanol–water partition coefficient (Wildman–Crippen LogP) is 2.78. The Hall–Kier alpha value is -4.65. The molecule has 0 radical (unpaired) electrons. The molecule has 10 heteroatoms. The Labute approximate surface area is 182 Å². The van der Waals surface area contributed by atoms with Gasteiger partial charge in [-0.15, -0.1) is 5.10 Å². The van der Waals surface area contributed by atoms with Crippen LogP contribution in [0.5, 0.6) is 5.75 Å². The molecule has 5 rings (SSSR count). The molecule has 0 saturated carbocycles. The molecule has 0 aliphatic rings. The van der Waals surface area contributed by atoms with Crippen LogP contribution < -0.4 is 4.74 Å². The average molecular weight is 423 g/mol. The van der Waals surface area contributed by atoms with Gasteiger partial charge in [0.05, 0.1) is 18.3 Å². The normalized spacial score (nSPS) is 11.9. The highest BCUT2D eigenvalue weighted by Crippen LogP contribution is 2.36. The molecule has 4 aromatic heterocycles. The maximum Gasteiger partial charge on any atom is 0.154 e. The van der Waals surface area contributed by atoms with Gasteiger partial charge in [0.1, 0.15) is 35.6 Å². The zero-order chi connectivity index (χ0) is 21.9. The molecule has 5 aromatic rings. The third-order valence-electron chi connectivity index (χ3n) is 4.92. The molecule has 0 aliphatic heterocycles. The van der Waals surface area contributed by atoms with Crippen molar-refractivity contribution in [2.24, 2.45) is 0 Å². The zero-order valence-corrected chi connectivity index (χ0v) is 17.1. The number of ether oxygens (including phenoxy) is 1. The lowest BCUT2D eigenvalue weighted by molar-refractivity contribution is 0.194. The van der Waals surface area contributed by atoms with Gasteiger partial charge in [-0.1, -0.05) is 18.2 Å². The first-order valence-electron chi connectivity index (χ1n) is 9.89. The summed E-state index contributed by atoms with van der Waals surface area (Å²) < 4.78 is 9.48. The van der Waals surface area contributed by atoms with Crippen LogP contribution in [0, 0.1) is 11.3 Å². The van der Waals surface area contributed by atoms with E-state index in [0.717, 1.165) is 5.56 Å². The minimum absolute atomic E-state index is 0.200. The number of hydrogen-bond acceptors (Lipinski definition) is 8. The van der Waals surface area contributed by atoms with Crippen LogP contribution in [0.3, 0.4) is 0 Å². The standard InChI is InChI=1S/C22H17N9O/c1-15(13-30-14-26-28-29-30)32-20-6-3-2-5-17(20)16-8-10-24-22(18(16)11-23)19-12-25-21-7-4-9-27-31(19)21/h2-10,12,14-15H,13H2,1H3/t15-/m0/s1. The van der Waals surface area contributed by atoms with Gasteiger partial charge in [-0.3, -0.25) is 4.98 Å². The van der Waals surface area contributed by atoms with E-state index in [0.29, 0.717) is 40.5 Å². The summed E-state index contributed by atoms with van der Waals surface area (Å²) in [7, 11) is 0. The van der Waals surface area contributed by atoms with Gasteiger partial charge < -0.3 is 4.74 Å². The summed E-state index contributed by atoms with van der Waals surface area (Å²) in [6.07, 6.45) is 6.36. The fraction of sp³-hybridized carbons (Fsp3) is 0.136. The van der Waals surface area contributed by atoms with E-state index in [1.807, 2.05) is 49.4 Å². The summed E-state index contributed by atoms with van der Waals surface area (Å²) in [5, 5.41) is 25.6. The number of para-hydroxylation sites is 1. The molecule has 1 atom stereocenters. The van der Waals surface area contributed by atoms with Crippen LogP contribution in [-0.2, 0) is 6.54 Å². The second kappa shape index (κ2) is 8.23. The minimum atomic E-state index is -0.200. The number of tetrazole rings is 1. The van der Waals surface area contributed by atoms with Gasteiger partial charge in [0.25, 0.3) is 0 Å². The van der Waals surface area contributed by atoms with Crippen LogP contribution in [-0.4, -0.2) is 45.9 Å². The van der Waals surface area contributed by atoms with Gasteiger partial charge in [0.15, 0.2) is 5.65 Å². The Kier molecular flexibility index (Phi) is 4.97. The number of pyridine rings is 1. The summed E-state index contributed by atoms with van der Waals surface area (Å²) >= 11 is 0. The minimum Gasteiger partial charge on any atom is -0.488 e. The van der Waals surface area contributed by atoms with Crippen molar-refractivity contribution < 1.29 is 4.74 Å². The predicted molar refractivity (Wildman–Crippen MR) is 114 cm³/mol. The molecule has 0 N–H and O–H groups in total. The molecule has 156 valence electrons. The van der Waals surface area contributed by atoms with Gasteiger partial charge in [-0.2, -0.15) is 10.4 Å². The van der Waals surface area contributed by atoms with Crippen LogP contribution in [0.25, 0.3) is 28.2 Å². The number of aromatic nitrogens is 8. The fourth-order valence-electron chi connectivity index (χ4n) is 3.56. The Morgan fingerprint density at radius 3 is 2.81 bits per heavy atom. The number of nitrogens with zero attached hydrogens (tertiary/aromatic N) is 9. The van der Waals surface area contributed by atoms with Gasteiger partial charge >= 0.3 is 0 Å². The van der Waals surface area contributed by atoms with Crippen molar-refractivity contribution in [3.8, 4) is 34.3 Å². The molecule has 32 heavy (non-hydrogen) atoms. The topological polar surface area (TPSA) is 120 Å². The summed E-state index contributed by atoms with van der Waals surface area (Å²) in [6, 6.07) is 15.4. The highest BCUT2D eigenvalue weighted by molar-refractivity contribution is 5.81. The number of fused-ring (bicyclic) bond motifs is 1.